The van der Waals surface area contributed by atoms with Gasteiger partial charge in [0, 0.05) is 19.0 Å². The first-order valence-corrected chi connectivity index (χ1v) is 13.9. The minimum absolute atomic E-state index is 0.238. The van der Waals surface area contributed by atoms with Gasteiger partial charge in [0.1, 0.15) is 0 Å². The van der Waals surface area contributed by atoms with E-state index in [4.69, 9.17) is 0 Å². The Kier molecular flexibility index (Phi) is 18.2. The molecule has 0 bridgehead atoms. The molecule has 1 atom stereocenters. The molecule has 1 aliphatic rings. The van der Waals surface area contributed by atoms with Crippen LogP contribution < -0.4 is 5.32 Å². The van der Waals surface area contributed by atoms with Gasteiger partial charge in [0.15, 0.2) is 0 Å². The van der Waals surface area contributed by atoms with E-state index in [2.05, 4.69) is 48.1 Å². The van der Waals surface area contributed by atoms with Crippen LogP contribution in [0.2, 0.25) is 0 Å². The van der Waals surface area contributed by atoms with Gasteiger partial charge < -0.3 is 20.0 Å². The van der Waals surface area contributed by atoms with Crippen molar-refractivity contribution < 1.29 is 4.79 Å². The molecule has 1 fully saturated rings. The average Bonchev–Trinajstić information content (AvgIpc) is 2.77. The number of nitrogens with zero attached hydrogens (tertiary/aromatic N) is 3. The minimum atomic E-state index is 0.238. The summed E-state index contributed by atoms with van der Waals surface area (Å²) in [5.41, 5.74) is 0. The van der Waals surface area contributed by atoms with Crippen molar-refractivity contribution in [3.8, 4) is 0 Å². The monoisotopic (exact) mass is 452 g/mol. The number of rotatable bonds is 10. The highest BCUT2D eigenvalue weighted by Crippen LogP contribution is 2.16. The quantitative estimate of drug-likeness (QED) is 0.465. The van der Waals surface area contributed by atoms with Gasteiger partial charge in [-0.3, -0.25) is 4.79 Å². The summed E-state index contributed by atoms with van der Waals surface area (Å²) in [4.78, 5) is 20.0. The summed E-state index contributed by atoms with van der Waals surface area (Å²) in [6, 6.07) is 0.378. The largest absolute Gasteiger partial charge is 0.356 e. The third-order valence-corrected chi connectivity index (χ3v) is 7.10. The van der Waals surface area contributed by atoms with Crippen LogP contribution in [0.3, 0.4) is 0 Å². The predicted molar refractivity (Wildman–Crippen MR) is 139 cm³/mol. The Balaban J connectivity index is 2.42. The second-order valence-electron chi connectivity index (χ2n) is 10.3. The van der Waals surface area contributed by atoms with Gasteiger partial charge in [0.25, 0.3) is 0 Å². The molecular weight excluding hydrogens is 396 g/mol. The topological polar surface area (TPSA) is 38.8 Å². The summed E-state index contributed by atoms with van der Waals surface area (Å²) in [5.74, 6) is 0.238. The Hall–Kier alpha value is -0.650. The van der Waals surface area contributed by atoms with E-state index in [9.17, 15) is 4.79 Å². The third kappa shape index (κ3) is 16.0. The summed E-state index contributed by atoms with van der Waals surface area (Å²) in [5, 5.41) is 3.19. The summed E-state index contributed by atoms with van der Waals surface area (Å²) in [7, 11) is 6.69. The van der Waals surface area contributed by atoms with Gasteiger partial charge in [-0.05, 0) is 86.0 Å². The number of unbranched alkanes of at least 4 members (excludes halogenated alkanes) is 8. The SMILES string of the molecule is CCCCCCCCCCC[C@@H]1CC(=O)NCCCN(C)CCCCN(C)CCCN1C. The van der Waals surface area contributed by atoms with Crippen LogP contribution in [0.1, 0.15) is 103 Å². The van der Waals surface area contributed by atoms with Crippen molar-refractivity contribution in [2.24, 2.45) is 0 Å². The molecule has 5 heteroatoms. The summed E-state index contributed by atoms with van der Waals surface area (Å²) in [6.07, 6.45) is 18.8. The van der Waals surface area contributed by atoms with Gasteiger partial charge in [-0.25, -0.2) is 0 Å². The highest BCUT2D eigenvalue weighted by atomic mass is 16.1. The number of nitrogens with one attached hydrogen (secondary N) is 1. The van der Waals surface area contributed by atoms with Gasteiger partial charge in [0.2, 0.25) is 5.91 Å². The number of carbonyl (C=O) groups is 1. The van der Waals surface area contributed by atoms with Crippen molar-refractivity contribution in [3.63, 3.8) is 0 Å². The van der Waals surface area contributed by atoms with E-state index in [-0.39, 0.29) is 5.91 Å². The van der Waals surface area contributed by atoms with Crippen LogP contribution in [0.5, 0.6) is 0 Å². The Morgan fingerprint density at radius 3 is 1.88 bits per heavy atom. The summed E-state index contributed by atoms with van der Waals surface area (Å²) < 4.78 is 0. The van der Waals surface area contributed by atoms with Crippen LogP contribution in [0.15, 0.2) is 0 Å². The molecule has 1 amide bonds. The maximum Gasteiger partial charge on any atom is 0.221 e. The molecule has 0 aliphatic carbocycles. The zero-order valence-corrected chi connectivity index (χ0v) is 22.2. The Morgan fingerprint density at radius 2 is 1.25 bits per heavy atom. The fourth-order valence-corrected chi connectivity index (χ4v) is 4.79. The molecule has 5 nitrogen and oxygen atoms in total. The van der Waals surface area contributed by atoms with Gasteiger partial charge in [-0.2, -0.15) is 0 Å². The van der Waals surface area contributed by atoms with Crippen molar-refractivity contribution in [1.82, 2.24) is 20.0 Å². The van der Waals surface area contributed by atoms with Crippen molar-refractivity contribution >= 4 is 5.91 Å². The van der Waals surface area contributed by atoms with Crippen molar-refractivity contribution in [1.29, 1.82) is 0 Å². The van der Waals surface area contributed by atoms with Crippen molar-refractivity contribution in [2.75, 3.05) is 60.4 Å². The Bertz CT molecular complexity index is 445. The Labute approximate surface area is 200 Å². The van der Waals surface area contributed by atoms with Crippen molar-refractivity contribution in [3.05, 3.63) is 0 Å². The zero-order valence-electron chi connectivity index (χ0n) is 22.2. The molecule has 190 valence electrons. The molecule has 1 heterocycles. The normalized spacial score (nSPS) is 22.5. The molecule has 0 aromatic rings. The van der Waals surface area contributed by atoms with Crippen LogP contribution >= 0.6 is 0 Å². The second-order valence-corrected chi connectivity index (χ2v) is 10.3. The molecular formula is C27H56N4O. The van der Waals surface area contributed by atoms with Gasteiger partial charge >= 0.3 is 0 Å². The molecule has 0 aromatic heterocycles. The number of hydrogen-bond acceptors (Lipinski definition) is 4. The van der Waals surface area contributed by atoms with Crippen LogP contribution in [0.4, 0.5) is 0 Å². The molecule has 1 aliphatic heterocycles. The molecule has 0 unspecified atom stereocenters. The standard InChI is InChI=1S/C27H56N4O/c1-5-6-7-8-9-10-11-12-13-18-26-25-27(32)28-19-16-22-29(2)20-14-15-21-30(3)23-17-24-31(26)4/h26H,5-25H2,1-4H3,(H,28,32)/t26-/m1/s1. The molecule has 0 radical (unpaired) electrons. The highest BCUT2D eigenvalue weighted by Gasteiger charge is 2.18. The maximum atomic E-state index is 12.6. The van der Waals surface area contributed by atoms with Crippen LogP contribution in [-0.2, 0) is 4.79 Å². The van der Waals surface area contributed by atoms with Crippen molar-refractivity contribution in [2.45, 2.75) is 109 Å². The molecule has 32 heavy (non-hydrogen) atoms. The predicted octanol–water partition coefficient (Wildman–Crippen LogP) is 5.15. The zero-order chi connectivity index (χ0) is 23.4. The minimum Gasteiger partial charge on any atom is -0.356 e. The second kappa shape index (κ2) is 19.8. The average molecular weight is 453 g/mol. The highest BCUT2D eigenvalue weighted by molar-refractivity contribution is 5.76. The molecule has 0 saturated carbocycles. The van der Waals surface area contributed by atoms with E-state index in [0.717, 1.165) is 45.6 Å². The lowest BCUT2D eigenvalue weighted by molar-refractivity contribution is -0.122. The fraction of sp³-hybridized carbons (Fsp3) is 0.963. The lowest BCUT2D eigenvalue weighted by Gasteiger charge is -2.28. The molecule has 0 spiro atoms. The molecule has 1 rings (SSSR count). The smallest absolute Gasteiger partial charge is 0.221 e. The Morgan fingerprint density at radius 1 is 0.719 bits per heavy atom. The lowest BCUT2D eigenvalue weighted by atomic mass is 10.0. The van der Waals surface area contributed by atoms with Gasteiger partial charge in [-0.15, -0.1) is 0 Å². The summed E-state index contributed by atoms with van der Waals surface area (Å²) in [6.45, 7) is 8.74. The molecule has 1 saturated heterocycles. The van der Waals surface area contributed by atoms with Gasteiger partial charge in [-0.1, -0.05) is 64.7 Å². The van der Waals surface area contributed by atoms with E-state index >= 15 is 0 Å². The number of hydrogen-bond donors (Lipinski definition) is 1. The first kappa shape index (κ1) is 29.4. The van der Waals surface area contributed by atoms with E-state index < -0.39 is 0 Å². The molecule has 1 N–H and O–H groups in total. The number of amides is 1. The summed E-state index contributed by atoms with van der Waals surface area (Å²) >= 11 is 0. The molecule has 0 aromatic carbocycles. The number of carbonyl (C=O) groups excluding carboxylic acids is 1. The fourth-order valence-electron chi connectivity index (χ4n) is 4.79. The van der Waals surface area contributed by atoms with Crippen LogP contribution in [0, 0.1) is 0 Å². The van der Waals surface area contributed by atoms with E-state index in [1.165, 1.54) is 83.6 Å². The third-order valence-electron chi connectivity index (χ3n) is 7.10. The lowest BCUT2D eigenvalue weighted by Crippen LogP contribution is -2.39. The van der Waals surface area contributed by atoms with E-state index in [1.54, 1.807) is 0 Å². The first-order valence-electron chi connectivity index (χ1n) is 13.9. The maximum absolute atomic E-state index is 12.6. The van der Waals surface area contributed by atoms with Crippen LogP contribution in [0.25, 0.3) is 0 Å². The van der Waals surface area contributed by atoms with Crippen LogP contribution in [-0.4, -0.2) is 87.1 Å². The van der Waals surface area contributed by atoms with E-state index in [0.29, 0.717) is 12.5 Å². The van der Waals surface area contributed by atoms with E-state index in [1.807, 2.05) is 0 Å². The first-order chi connectivity index (χ1) is 15.5. The van der Waals surface area contributed by atoms with Gasteiger partial charge in [0.05, 0.1) is 0 Å².